The molecule has 1 fully saturated rings. The van der Waals surface area contributed by atoms with E-state index >= 15 is 0 Å². The van der Waals surface area contributed by atoms with Crippen molar-refractivity contribution in [3.8, 4) is 0 Å². The van der Waals surface area contributed by atoms with Gasteiger partial charge in [0.05, 0.1) is 10.6 Å². The molecule has 1 aliphatic carbocycles. The molecule has 0 aliphatic heterocycles. The fourth-order valence-electron chi connectivity index (χ4n) is 2.34. The number of nitrogens with zero attached hydrogens (tertiary/aromatic N) is 1. The molecule has 2 rings (SSSR count). The van der Waals surface area contributed by atoms with Crippen LogP contribution >= 0.6 is 15.9 Å². The van der Waals surface area contributed by atoms with Gasteiger partial charge in [0.15, 0.2) is 0 Å². The van der Waals surface area contributed by atoms with Crippen molar-refractivity contribution in [1.82, 2.24) is 4.90 Å². The SMILES string of the molecule is CN(Cc1c(F)ccc(Br)c1F)CC1CC(O)C1. The Kier molecular flexibility index (Phi) is 4.35. The molecule has 1 aliphatic rings. The van der Waals surface area contributed by atoms with E-state index in [4.69, 9.17) is 0 Å². The van der Waals surface area contributed by atoms with Gasteiger partial charge >= 0.3 is 0 Å². The van der Waals surface area contributed by atoms with Gasteiger partial charge in [0, 0.05) is 18.7 Å². The van der Waals surface area contributed by atoms with Crippen LogP contribution in [0.25, 0.3) is 0 Å². The summed E-state index contributed by atoms with van der Waals surface area (Å²) < 4.78 is 27.6. The Balaban J connectivity index is 1.98. The van der Waals surface area contributed by atoms with Crippen molar-refractivity contribution in [3.05, 3.63) is 33.8 Å². The van der Waals surface area contributed by atoms with Crippen molar-refractivity contribution < 1.29 is 13.9 Å². The van der Waals surface area contributed by atoms with Gasteiger partial charge in [-0.15, -0.1) is 0 Å². The van der Waals surface area contributed by atoms with Crippen molar-refractivity contribution in [2.24, 2.45) is 5.92 Å². The highest BCUT2D eigenvalue weighted by Gasteiger charge is 2.28. The third kappa shape index (κ3) is 3.08. The fourth-order valence-corrected chi connectivity index (χ4v) is 2.71. The monoisotopic (exact) mass is 319 g/mol. The third-order valence-corrected chi connectivity index (χ3v) is 3.96. The summed E-state index contributed by atoms with van der Waals surface area (Å²) in [5.74, 6) is -0.616. The Bertz CT molecular complexity index is 435. The van der Waals surface area contributed by atoms with Crippen LogP contribution < -0.4 is 0 Å². The van der Waals surface area contributed by atoms with Gasteiger partial charge in [-0.25, -0.2) is 8.78 Å². The molecule has 100 valence electrons. The largest absolute Gasteiger partial charge is 0.393 e. The van der Waals surface area contributed by atoms with Crippen molar-refractivity contribution in [3.63, 3.8) is 0 Å². The van der Waals surface area contributed by atoms with Crippen LogP contribution in [0.3, 0.4) is 0 Å². The second-order valence-electron chi connectivity index (χ2n) is 5.01. The minimum absolute atomic E-state index is 0.0896. The molecular weight excluding hydrogens is 304 g/mol. The number of halogens is 3. The number of hydrogen-bond donors (Lipinski definition) is 1. The van der Waals surface area contributed by atoms with Gasteiger partial charge in [-0.05, 0) is 53.9 Å². The molecule has 1 N–H and O–H groups in total. The molecule has 1 aromatic rings. The van der Waals surface area contributed by atoms with Gasteiger partial charge in [-0.2, -0.15) is 0 Å². The van der Waals surface area contributed by atoms with E-state index in [0.29, 0.717) is 5.92 Å². The first kappa shape index (κ1) is 13.9. The van der Waals surface area contributed by atoms with Crippen molar-refractivity contribution in [2.75, 3.05) is 13.6 Å². The summed E-state index contributed by atoms with van der Waals surface area (Å²) in [4.78, 5) is 1.89. The van der Waals surface area contributed by atoms with Gasteiger partial charge in [0.1, 0.15) is 11.6 Å². The molecule has 2 nitrogen and oxygen atoms in total. The lowest BCUT2D eigenvalue weighted by atomic mass is 9.82. The molecule has 0 heterocycles. The van der Waals surface area contributed by atoms with E-state index in [9.17, 15) is 13.9 Å². The second-order valence-corrected chi connectivity index (χ2v) is 5.86. The van der Waals surface area contributed by atoms with Crippen LogP contribution in [0.5, 0.6) is 0 Å². The third-order valence-electron chi connectivity index (χ3n) is 3.35. The summed E-state index contributed by atoms with van der Waals surface area (Å²) >= 11 is 3.06. The van der Waals surface area contributed by atoms with E-state index in [0.717, 1.165) is 19.4 Å². The summed E-state index contributed by atoms with van der Waals surface area (Å²) in [5, 5.41) is 9.20. The smallest absolute Gasteiger partial charge is 0.144 e. The maximum absolute atomic E-state index is 13.8. The highest BCUT2D eigenvalue weighted by atomic mass is 79.9. The second kappa shape index (κ2) is 5.63. The maximum atomic E-state index is 13.8. The van der Waals surface area contributed by atoms with Crippen LogP contribution in [0, 0.1) is 17.6 Å². The Morgan fingerprint density at radius 2 is 2.06 bits per heavy atom. The summed E-state index contributed by atoms with van der Waals surface area (Å²) in [6, 6.07) is 2.64. The highest BCUT2D eigenvalue weighted by molar-refractivity contribution is 9.10. The molecule has 18 heavy (non-hydrogen) atoms. The van der Waals surface area contributed by atoms with Gasteiger partial charge in [-0.1, -0.05) is 0 Å². The standard InChI is InChI=1S/C13H16BrF2NO/c1-17(6-8-4-9(18)5-8)7-10-12(15)3-2-11(14)13(10)16/h2-3,8-9,18H,4-7H2,1H3. The number of rotatable bonds is 4. The number of benzene rings is 1. The molecular formula is C13H16BrF2NO. The zero-order valence-corrected chi connectivity index (χ0v) is 11.8. The predicted octanol–water partition coefficient (Wildman–Crippen LogP) is 2.93. The fraction of sp³-hybridized carbons (Fsp3) is 0.538. The summed E-state index contributed by atoms with van der Waals surface area (Å²) in [6.07, 6.45) is 1.38. The molecule has 1 saturated carbocycles. The Morgan fingerprint density at radius 3 is 2.67 bits per heavy atom. The Morgan fingerprint density at radius 1 is 1.39 bits per heavy atom. The van der Waals surface area contributed by atoms with Crippen LogP contribution in [0.2, 0.25) is 0 Å². The van der Waals surface area contributed by atoms with E-state index in [2.05, 4.69) is 15.9 Å². The van der Waals surface area contributed by atoms with Gasteiger partial charge < -0.3 is 10.0 Å². The molecule has 0 atom stereocenters. The average molecular weight is 320 g/mol. The van der Waals surface area contributed by atoms with E-state index < -0.39 is 11.6 Å². The molecule has 0 amide bonds. The maximum Gasteiger partial charge on any atom is 0.144 e. The van der Waals surface area contributed by atoms with E-state index in [1.165, 1.54) is 12.1 Å². The lowest BCUT2D eigenvalue weighted by molar-refractivity contribution is 0.0271. The first-order valence-corrected chi connectivity index (χ1v) is 6.75. The normalized spacial score (nSPS) is 23.2. The molecule has 0 aromatic heterocycles. The van der Waals surface area contributed by atoms with Gasteiger partial charge in [0.25, 0.3) is 0 Å². The lowest BCUT2D eigenvalue weighted by Crippen LogP contribution is -2.37. The molecule has 0 unspecified atom stereocenters. The summed E-state index contributed by atoms with van der Waals surface area (Å²) in [7, 11) is 1.84. The number of aliphatic hydroxyl groups excluding tert-OH is 1. The van der Waals surface area contributed by atoms with Crippen LogP contribution in [0.15, 0.2) is 16.6 Å². The predicted molar refractivity (Wildman–Crippen MR) is 69.1 cm³/mol. The van der Waals surface area contributed by atoms with Crippen LogP contribution in [0.4, 0.5) is 8.78 Å². The summed E-state index contributed by atoms with van der Waals surface area (Å²) in [6.45, 7) is 0.992. The quantitative estimate of drug-likeness (QED) is 0.863. The van der Waals surface area contributed by atoms with Crippen molar-refractivity contribution in [2.45, 2.75) is 25.5 Å². The average Bonchev–Trinajstić information content (AvgIpc) is 2.28. The minimum atomic E-state index is -0.532. The zero-order valence-electron chi connectivity index (χ0n) is 10.2. The number of hydrogen-bond acceptors (Lipinski definition) is 2. The van der Waals surface area contributed by atoms with Gasteiger partial charge in [0.2, 0.25) is 0 Å². The van der Waals surface area contributed by atoms with E-state index in [1.807, 2.05) is 11.9 Å². The molecule has 0 spiro atoms. The molecule has 5 heteroatoms. The Labute approximate surface area is 114 Å². The number of aliphatic hydroxyl groups is 1. The van der Waals surface area contributed by atoms with E-state index in [-0.39, 0.29) is 22.7 Å². The molecule has 0 saturated heterocycles. The minimum Gasteiger partial charge on any atom is -0.393 e. The van der Waals surface area contributed by atoms with Crippen LogP contribution in [-0.2, 0) is 6.54 Å². The zero-order chi connectivity index (χ0) is 13.3. The molecule has 1 aromatic carbocycles. The topological polar surface area (TPSA) is 23.5 Å². The lowest BCUT2D eigenvalue weighted by Gasteiger charge is -2.34. The van der Waals surface area contributed by atoms with Crippen molar-refractivity contribution >= 4 is 15.9 Å². The highest BCUT2D eigenvalue weighted by Crippen LogP contribution is 2.28. The van der Waals surface area contributed by atoms with Crippen LogP contribution in [0.1, 0.15) is 18.4 Å². The van der Waals surface area contributed by atoms with Gasteiger partial charge in [-0.3, -0.25) is 0 Å². The summed E-state index contributed by atoms with van der Waals surface area (Å²) in [5.41, 5.74) is 0.0896. The first-order valence-electron chi connectivity index (χ1n) is 5.96. The van der Waals surface area contributed by atoms with Crippen molar-refractivity contribution in [1.29, 1.82) is 0 Å². The molecule has 0 bridgehead atoms. The van der Waals surface area contributed by atoms with Crippen LogP contribution in [-0.4, -0.2) is 29.7 Å². The molecule has 0 radical (unpaired) electrons. The van der Waals surface area contributed by atoms with E-state index in [1.54, 1.807) is 0 Å². The Hall–Kier alpha value is -0.520. The first-order chi connectivity index (χ1) is 8.47.